The number of rotatable bonds is 6. The summed E-state index contributed by atoms with van der Waals surface area (Å²) < 4.78 is 8.01. The molecule has 2 fully saturated rings. The molecule has 0 unspecified atom stereocenters. The van der Waals surface area contributed by atoms with E-state index in [1.807, 2.05) is 0 Å². The molecule has 0 bridgehead atoms. The molecule has 1 aromatic carbocycles. The lowest BCUT2D eigenvalue weighted by molar-refractivity contribution is -0.112. The molecule has 0 atom stereocenters. The third-order valence-corrected chi connectivity index (χ3v) is 5.40. The number of aromatic nitrogens is 2. The van der Waals surface area contributed by atoms with Crippen LogP contribution in [0.4, 0.5) is 0 Å². The minimum absolute atomic E-state index is 0.139. The third-order valence-electron chi connectivity index (χ3n) is 5.40. The van der Waals surface area contributed by atoms with Gasteiger partial charge in [0.1, 0.15) is 5.75 Å². The van der Waals surface area contributed by atoms with Gasteiger partial charge in [-0.25, -0.2) is 0 Å². The van der Waals surface area contributed by atoms with Gasteiger partial charge in [-0.15, -0.1) is 0 Å². The van der Waals surface area contributed by atoms with Gasteiger partial charge in [-0.2, -0.15) is 5.10 Å². The quantitative estimate of drug-likeness (QED) is 0.717. The summed E-state index contributed by atoms with van der Waals surface area (Å²) in [5.41, 5.74) is 1.02. The van der Waals surface area contributed by atoms with E-state index in [0.717, 1.165) is 49.5 Å². The Morgan fingerprint density at radius 1 is 1.24 bits per heavy atom. The Morgan fingerprint density at radius 3 is 2.76 bits per heavy atom. The summed E-state index contributed by atoms with van der Waals surface area (Å²) in [6.45, 7) is 2.45. The molecule has 0 aliphatic heterocycles. The van der Waals surface area contributed by atoms with E-state index in [1.54, 1.807) is 13.0 Å². The predicted molar refractivity (Wildman–Crippen MR) is 98.8 cm³/mol. The summed E-state index contributed by atoms with van der Waals surface area (Å²) in [5.74, 6) is 2.37. The summed E-state index contributed by atoms with van der Waals surface area (Å²) in [6.07, 6.45) is 13.1. The van der Waals surface area contributed by atoms with Crippen molar-refractivity contribution in [3.63, 3.8) is 0 Å². The molecule has 4 heteroatoms. The van der Waals surface area contributed by atoms with Gasteiger partial charge in [0.15, 0.2) is 5.78 Å². The first-order valence-electron chi connectivity index (χ1n) is 9.48. The number of carbonyl (C=O) groups excluding carboxylic acids is 1. The number of fused-ring (bicyclic) bond motifs is 1. The van der Waals surface area contributed by atoms with Crippen molar-refractivity contribution in [3.05, 3.63) is 36.5 Å². The average Bonchev–Trinajstić information content (AvgIpc) is 3.35. The SMILES string of the molecule is CC(=O)C=C[C@H]1CC[C@H](n2cc3ccc(OCC4CC4)cc3n2)CC1. The second kappa shape index (κ2) is 7.03. The van der Waals surface area contributed by atoms with Crippen molar-refractivity contribution < 1.29 is 9.53 Å². The van der Waals surface area contributed by atoms with Gasteiger partial charge in [-0.05, 0) is 75.5 Å². The molecule has 0 radical (unpaired) electrons. The highest BCUT2D eigenvalue weighted by Gasteiger charge is 2.23. The lowest BCUT2D eigenvalue weighted by Gasteiger charge is -2.26. The van der Waals surface area contributed by atoms with E-state index in [0.29, 0.717) is 12.0 Å². The molecule has 2 saturated carbocycles. The van der Waals surface area contributed by atoms with E-state index < -0.39 is 0 Å². The van der Waals surface area contributed by atoms with Crippen LogP contribution in [0.15, 0.2) is 36.5 Å². The Bertz CT molecular complexity index is 780. The number of benzene rings is 1. The first-order chi connectivity index (χ1) is 12.2. The van der Waals surface area contributed by atoms with Crippen LogP contribution in [0.2, 0.25) is 0 Å². The van der Waals surface area contributed by atoms with E-state index in [2.05, 4.69) is 35.2 Å². The van der Waals surface area contributed by atoms with Crippen LogP contribution >= 0.6 is 0 Å². The second-order valence-corrected chi connectivity index (χ2v) is 7.62. The summed E-state index contributed by atoms with van der Waals surface area (Å²) in [7, 11) is 0. The smallest absolute Gasteiger partial charge is 0.152 e. The van der Waals surface area contributed by atoms with Crippen molar-refractivity contribution in [1.82, 2.24) is 9.78 Å². The Kier molecular flexibility index (Phi) is 4.60. The summed E-state index contributed by atoms with van der Waals surface area (Å²) in [4.78, 5) is 11.1. The molecule has 1 aromatic heterocycles. The van der Waals surface area contributed by atoms with Crippen molar-refractivity contribution in [3.8, 4) is 5.75 Å². The minimum atomic E-state index is 0.139. The fourth-order valence-electron chi connectivity index (χ4n) is 3.62. The zero-order valence-electron chi connectivity index (χ0n) is 14.9. The van der Waals surface area contributed by atoms with E-state index >= 15 is 0 Å². The fraction of sp³-hybridized carbons (Fsp3) is 0.524. The van der Waals surface area contributed by atoms with Crippen LogP contribution in [0.25, 0.3) is 10.9 Å². The van der Waals surface area contributed by atoms with Crippen molar-refractivity contribution >= 4 is 16.7 Å². The molecule has 0 N–H and O–H groups in total. The van der Waals surface area contributed by atoms with Gasteiger partial charge in [-0.3, -0.25) is 9.48 Å². The number of hydrogen-bond donors (Lipinski definition) is 0. The lowest BCUT2D eigenvalue weighted by Crippen LogP contribution is -2.17. The molecule has 2 aliphatic carbocycles. The maximum Gasteiger partial charge on any atom is 0.152 e. The number of carbonyl (C=O) groups is 1. The maximum absolute atomic E-state index is 11.1. The molecule has 2 aliphatic rings. The van der Waals surface area contributed by atoms with Crippen molar-refractivity contribution in [2.45, 2.75) is 51.5 Å². The molecular weight excluding hydrogens is 312 g/mol. The third kappa shape index (κ3) is 4.12. The molecule has 0 spiro atoms. The number of allylic oxidation sites excluding steroid dienone is 2. The molecule has 25 heavy (non-hydrogen) atoms. The van der Waals surface area contributed by atoms with Gasteiger partial charge in [0.2, 0.25) is 0 Å². The lowest BCUT2D eigenvalue weighted by atomic mass is 9.86. The van der Waals surface area contributed by atoms with E-state index in [4.69, 9.17) is 9.84 Å². The van der Waals surface area contributed by atoms with E-state index in [1.165, 1.54) is 18.2 Å². The van der Waals surface area contributed by atoms with Gasteiger partial charge in [-0.1, -0.05) is 6.08 Å². The Morgan fingerprint density at radius 2 is 2.04 bits per heavy atom. The Hall–Kier alpha value is -2.10. The number of ketones is 1. The minimum Gasteiger partial charge on any atom is -0.493 e. The number of nitrogens with zero attached hydrogens (tertiary/aromatic N) is 2. The normalized spacial score (nSPS) is 24.0. The van der Waals surface area contributed by atoms with Gasteiger partial charge < -0.3 is 4.74 Å². The monoisotopic (exact) mass is 338 g/mol. The van der Waals surface area contributed by atoms with Crippen LogP contribution in [0.5, 0.6) is 5.75 Å². The molecule has 2 aromatic rings. The topological polar surface area (TPSA) is 44.1 Å². The maximum atomic E-state index is 11.1. The second-order valence-electron chi connectivity index (χ2n) is 7.62. The van der Waals surface area contributed by atoms with Crippen LogP contribution in [-0.4, -0.2) is 22.2 Å². The summed E-state index contributed by atoms with van der Waals surface area (Å²) in [5, 5.41) is 5.98. The van der Waals surface area contributed by atoms with Crippen LogP contribution in [0.3, 0.4) is 0 Å². The first-order valence-corrected chi connectivity index (χ1v) is 9.48. The van der Waals surface area contributed by atoms with Crippen LogP contribution in [0.1, 0.15) is 51.5 Å². The number of ether oxygens (including phenoxy) is 1. The van der Waals surface area contributed by atoms with Gasteiger partial charge in [0.05, 0.1) is 18.2 Å². The molecule has 4 nitrogen and oxygen atoms in total. The van der Waals surface area contributed by atoms with E-state index in [9.17, 15) is 4.79 Å². The predicted octanol–water partition coefficient (Wildman–Crippen LogP) is 4.70. The first kappa shape index (κ1) is 16.4. The van der Waals surface area contributed by atoms with Crippen LogP contribution in [-0.2, 0) is 4.79 Å². The van der Waals surface area contributed by atoms with Gasteiger partial charge >= 0.3 is 0 Å². The van der Waals surface area contributed by atoms with Crippen molar-refractivity contribution in [2.75, 3.05) is 6.61 Å². The zero-order chi connectivity index (χ0) is 17.2. The molecule has 4 rings (SSSR count). The van der Waals surface area contributed by atoms with Crippen molar-refractivity contribution in [1.29, 1.82) is 0 Å². The highest BCUT2D eigenvalue weighted by atomic mass is 16.5. The molecule has 0 saturated heterocycles. The van der Waals surface area contributed by atoms with Crippen LogP contribution in [0, 0.1) is 11.8 Å². The summed E-state index contributed by atoms with van der Waals surface area (Å²) >= 11 is 0. The largest absolute Gasteiger partial charge is 0.493 e. The van der Waals surface area contributed by atoms with Crippen molar-refractivity contribution in [2.24, 2.45) is 11.8 Å². The van der Waals surface area contributed by atoms with E-state index in [-0.39, 0.29) is 5.78 Å². The Balaban J connectivity index is 1.40. The standard InChI is InChI=1S/C21H26N2O2/c1-15(24)2-3-16-6-9-19(10-7-16)23-13-18-8-11-20(12-21(18)22-23)25-14-17-4-5-17/h2-3,8,11-13,16-17,19H,4-7,9-10,14H2,1H3/t16-,19-. The molecule has 1 heterocycles. The molecule has 0 amide bonds. The highest BCUT2D eigenvalue weighted by Crippen LogP contribution is 2.34. The van der Waals surface area contributed by atoms with Crippen LogP contribution < -0.4 is 4.74 Å². The number of hydrogen-bond acceptors (Lipinski definition) is 3. The highest BCUT2D eigenvalue weighted by molar-refractivity contribution is 5.87. The average molecular weight is 338 g/mol. The van der Waals surface area contributed by atoms with Gasteiger partial charge in [0.25, 0.3) is 0 Å². The zero-order valence-corrected chi connectivity index (χ0v) is 14.9. The molecule has 132 valence electrons. The Labute approximate surface area is 148 Å². The fourth-order valence-corrected chi connectivity index (χ4v) is 3.62. The van der Waals surface area contributed by atoms with Gasteiger partial charge in [0, 0.05) is 17.6 Å². The molecular formula is C21H26N2O2. The summed E-state index contributed by atoms with van der Waals surface area (Å²) in [6, 6.07) is 6.70.